The number of aliphatic hydroxyl groups is 1. The summed E-state index contributed by atoms with van der Waals surface area (Å²) in [5, 5.41) is 18.1. The van der Waals surface area contributed by atoms with Gasteiger partial charge in [-0.05, 0) is 18.9 Å². The molecule has 3 nitrogen and oxygen atoms in total. The second-order valence-electron chi connectivity index (χ2n) is 9.45. The summed E-state index contributed by atoms with van der Waals surface area (Å²) < 4.78 is 0. The predicted molar refractivity (Wildman–Crippen MR) is 135 cm³/mol. The van der Waals surface area contributed by atoms with Crippen molar-refractivity contribution >= 4 is 5.97 Å². The first-order valence-corrected chi connectivity index (χ1v) is 13.8. The molecule has 0 saturated carbocycles. The number of carbonyl (C=O) groups is 1. The van der Waals surface area contributed by atoms with Gasteiger partial charge in [0.1, 0.15) is 0 Å². The van der Waals surface area contributed by atoms with Gasteiger partial charge in [0.2, 0.25) is 0 Å². The lowest BCUT2D eigenvalue weighted by atomic mass is 10.0. The third kappa shape index (κ3) is 27.0. The summed E-state index contributed by atoms with van der Waals surface area (Å²) in [6, 6.07) is 0. The van der Waals surface area contributed by atoms with Gasteiger partial charge in [-0.1, -0.05) is 135 Å². The van der Waals surface area contributed by atoms with E-state index in [4.69, 9.17) is 5.11 Å². The fourth-order valence-electron chi connectivity index (χ4n) is 4.18. The van der Waals surface area contributed by atoms with Crippen LogP contribution in [0.15, 0.2) is 11.8 Å². The van der Waals surface area contributed by atoms with Gasteiger partial charge in [0.05, 0.1) is 12.2 Å². The smallest absolute Gasteiger partial charge is 0.303 e. The Morgan fingerprint density at radius 1 is 0.516 bits per heavy atom. The molecule has 0 unspecified atom stereocenters. The molecule has 0 amide bonds. The molecule has 3 heteroatoms. The van der Waals surface area contributed by atoms with Crippen LogP contribution in [0, 0.1) is 0 Å². The van der Waals surface area contributed by atoms with Crippen molar-refractivity contribution in [3.05, 3.63) is 11.8 Å². The first-order chi connectivity index (χ1) is 15.2. The molecule has 0 heterocycles. The van der Waals surface area contributed by atoms with E-state index in [0.717, 1.165) is 12.8 Å². The molecule has 184 valence electrons. The summed E-state index contributed by atoms with van der Waals surface area (Å²) in [5.74, 6) is -0.621. The van der Waals surface area contributed by atoms with Crippen molar-refractivity contribution in [3.63, 3.8) is 0 Å². The largest absolute Gasteiger partial charge is 0.513 e. The molecule has 0 aromatic rings. The summed E-state index contributed by atoms with van der Waals surface area (Å²) in [4.78, 5) is 10.4. The normalized spacial score (nSPS) is 11.8. The standard InChI is InChI=1S/C28H54O3/c1-2-3-4-5-6-7-8-9-10-11-12-13-14-15-16-17-18-19-20-21-22-23-24-27(29)25-26-28(30)31/h24,29H,2-23,25-26H2,1H3,(H,30,31). The molecule has 2 N–H and O–H groups in total. The zero-order chi connectivity index (χ0) is 22.8. The minimum atomic E-state index is -0.853. The van der Waals surface area contributed by atoms with Crippen LogP contribution in [0.25, 0.3) is 0 Å². The maximum atomic E-state index is 10.4. The molecular weight excluding hydrogens is 384 g/mol. The number of hydrogen-bond acceptors (Lipinski definition) is 2. The lowest BCUT2D eigenvalue weighted by molar-refractivity contribution is -0.137. The van der Waals surface area contributed by atoms with Crippen LogP contribution in [0.1, 0.15) is 161 Å². The van der Waals surface area contributed by atoms with Crippen molar-refractivity contribution in [1.82, 2.24) is 0 Å². The van der Waals surface area contributed by atoms with E-state index in [1.165, 1.54) is 128 Å². The van der Waals surface area contributed by atoms with Gasteiger partial charge in [0, 0.05) is 6.42 Å². The van der Waals surface area contributed by atoms with Crippen LogP contribution in [0.3, 0.4) is 0 Å². The van der Waals surface area contributed by atoms with Gasteiger partial charge in [-0.2, -0.15) is 0 Å². The molecule has 0 atom stereocenters. The zero-order valence-electron chi connectivity index (χ0n) is 20.9. The van der Waals surface area contributed by atoms with Gasteiger partial charge in [-0.3, -0.25) is 4.79 Å². The van der Waals surface area contributed by atoms with Crippen LogP contribution in [-0.2, 0) is 4.79 Å². The van der Waals surface area contributed by atoms with Crippen molar-refractivity contribution in [2.45, 2.75) is 161 Å². The van der Waals surface area contributed by atoms with E-state index in [-0.39, 0.29) is 18.6 Å². The fraction of sp³-hybridized carbons (Fsp3) is 0.893. The van der Waals surface area contributed by atoms with Crippen LogP contribution >= 0.6 is 0 Å². The van der Waals surface area contributed by atoms with E-state index < -0.39 is 5.97 Å². The predicted octanol–water partition coefficient (Wildman–Crippen LogP) is 9.90. The highest BCUT2D eigenvalue weighted by molar-refractivity contribution is 5.66. The van der Waals surface area contributed by atoms with Gasteiger partial charge in [0.25, 0.3) is 0 Å². The summed E-state index contributed by atoms with van der Waals surface area (Å²) >= 11 is 0. The quantitative estimate of drug-likeness (QED) is 0.110. The average molecular weight is 439 g/mol. The van der Waals surface area contributed by atoms with Gasteiger partial charge >= 0.3 is 5.97 Å². The Hall–Kier alpha value is -0.990. The van der Waals surface area contributed by atoms with Crippen molar-refractivity contribution in [3.8, 4) is 0 Å². The van der Waals surface area contributed by atoms with Gasteiger partial charge in [-0.15, -0.1) is 0 Å². The van der Waals surface area contributed by atoms with E-state index in [1.54, 1.807) is 6.08 Å². The molecule has 0 bridgehead atoms. The maximum Gasteiger partial charge on any atom is 0.303 e. The van der Waals surface area contributed by atoms with Gasteiger partial charge in [-0.25, -0.2) is 0 Å². The van der Waals surface area contributed by atoms with E-state index in [1.807, 2.05) is 0 Å². The number of unbranched alkanes of at least 4 members (excludes halogenated alkanes) is 21. The number of aliphatic hydroxyl groups excluding tert-OH is 1. The Morgan fingerprint density at radius 3 is 1.16 bits per heavy atom. The van der Waals surface area contributed by atoms with E-state index in [9.17, 15) is 9.90 Å². The van der Waals surface area contributed by atoms with Gasteiger partial charge < -0.3 is 10.2 Å². The minimum Gasteiger partial charge on any atom is -0.513 e. The Balaban J connectivity index is 3.12. The molecule has 0 aliphatic rings. The molecule has 0 rings (SSSR count). The fourth-order valence-corrected chi connectivity index (χ4v) is 4.18. The molecule has 0 radical (unpaired) electrons. The second-order valence-corrected chi connectivity index (χ2v) is 9.45. The Morgan fingerprint density at radius 2 is 0.839 bits per heavy atom. The summed E-state index contributed by atoms with van der Waals surface area (Å²) in [5.41, 5.74) is 0. The van der Waals surface area contributed by atoms with Crippen molar-refractivity contribution in [2.75, 3.05) is 0 Å². The Bertz CT molecular complexity index is 403. The third-order valence-electron chi connectivity index (χ3n) is 6.28. The van der Waals surface area contributed by atoms with E-state index in [0.29, 0.717) is 0 Å². The first-order valence-electron chi connectivity index (χ1n) is 13.8. The summed E-state index contributed by atoms with van der Waals surface area (Å²) in [6.07, 6.45) is 32.1. The zero-order valence-corrected chi connectivity index (χ0v) is 20.9. The summed E-state index contributed by atoms with van der Waals surface area (Å²) in [7, 11) is 0. The first kappa shape index (κ1) is 30.0. The average Bonchev–Trinajstić information content (AvgIpc) is 2.75. The molecule has 31 heavy (non-hydrogen) atoms. The van der Waals surface area contributed by atoms with E-state index >= 15 is 0 Å². The molecule has 0 fully saturated rings. The Kier molecular flexibility index (Phi) is 24.5. The van der Waals surface area contributed by atoms with Gasteiger partial charge in [0.15, 0.2) is 0 Å². The molecule has 0 aliphatic heterocycles. The number of allylic oxidation sites excluding steroid dienone is 2. The SMILES string of the molecule is CCCCCCCCCCCCCCCCCCCCCCCC=C(O)CCC(=O)O. The van der Waals surface area contributed by atoms with Crippen LogP contribution in [0.4, 0.5) is 0 Å². The topological polar surface area (TPSA) is 57.5 Å². The number of rotatable bonds is 25. The Labute approximate surface area is 194 Å². The van der Waals surface area contributed by atoms with Crippen LogP contribution < -0.4 is 0 Å². The molecule has 0 aromatic carbocycles. The maximum absolute atomic E-state index is 10.4. The molecule has 0 spiro atoms. The number of carboxylic acid groups (broad SMARTS) is 1. The number of carboxylic acids is 1. The molecular formula is C28H54O3. The highest BCUT2D eigenvalue weighted by atomic mass is 16.4. The van der Waals surface area contributed by atoms with E-state index in [2.05, 4.69) is 6.92 Å². The van der Waals surface area contributed by atoms with Crippen molar-refractivity contribution in [1.29, 1.82) is 0 Å². The number of hydrogen-bond donors (Lipinski definition) is 2. The number of aliphatic carboxylic acids is 1. The minimum absolute atomic E-state index is 0.0155. The molecule has 0 aromatic heterocycles. The highest BCUT2D eigenvalue weighted by Crippen LogP contribution is 2.15. The van der Waals surface area contributed by atoms with Crippen LogP contribution in [0.5, 0.6) is 0 Å². The van der Waals surface area contributed by atoms with Crippen LogP contribution in [0.2, 0.25) is 0 Å². The van der Waals surface area contributed by atoms with Crippen LogP contribution in [-0.4, -0.2) is 16.2 Å². The summed E-state index contributed by atoms with van der Waals surface area (Å²) in [6.45, 7) is 2.29. The lowest BCUT2D eigenvalue weighted by Crippen LogP contribution is -1.95. The van der Waals surface area contributed by atoms with Crippen molar-refractivity contribution in [2.24, 2.45) is 0 Å². The second kappa shape index (κ2) is 25.3. The lowest BCUT2D eigenvalue weighted by Gasteiger charge is -2.04. The monoisotopic (exact) mass is 438 g/mol. The third-order valence-corrected chi connectivity index (χ3v) is 6.28. The van der Waals surface area contributed by atoms with Crippen molar-refractivity contribution < 1.29 is 15.0 Å². The molecule has 0 saturated heterocycles. The molecule has 0 aliphatic carbocycles. The highest BCUT2D eigenvalue weighted by Gasteiger charge is 1.99.